The molecule has 0 bridgehead atoms. The first-order chi connectivity index (χ1) is 12.5. The third-order valence-electron chi connectivity index (χ3n) is 4.92. The van der Waals surface area contributed by atoms with Crippen LogP contribution in [0.5, 0.6) is 0 Å². The number of hydrogen-bond donors (Lipinski definition) is 3. The van der Waals surface area contributed by atoms with E-state index >= 15 is 0 Å². The molecule has 0 spiro atoms. The quantitative estimate of drug-likeness (QED) is 0.635. The van der Waals surface area contributed by atoms with Gasteiger partial charge in [0.15, 0.2) is 0 Å². The smallest absolute Gasteiger partial charge is 0.254 e. The number of carbonyl (C=O) groups is 1. The van der Waals surface area contributed by atoms with Gasteiger partial charge in [-0.15, -0.1) is 0 Å². The van der Waals surface area contributed by atoms with Crippen molar-refractivity contribution in [1.29, 1.82) is 0 Å². The Hall–Kier alpha value is -3.09. The summed E-state index contributed by atoms with van der Waals surface area (Å²) in [4.78, 5) is 20.6. The van der Waals surface area contributed by atoms with Gasteiger partial charge in [0.25, 0.3) is 5.91 Å². The highest BCUT2D eigenvalue weighted by molar-refractivity contribution is 6.00. The van der Waals surface area contributed by atoms with E-state index in [4.69, 9.17) is 5.73 Å². The molecule has 0 radical (unpaired) electrons. The highest BCUT2D eigenvalue weighted by atomic mass is 16.1. The zero-order chi connectivity index (χ0) is 18.3. The van der Waals surface area contributed by atoms with Gasteiger partial charge in [-0.1, -0.05) is 6.07 Å². The average Bonchev–Trinajstić information content (AvgIpc) is 3.39. The Morgan fingerprint density at radius 3 is 2.88 bits per heavy atom. The number of hydrogen-bond acceptors (Lipinski definition) is 5. The second-order valence-electron chi connectivity index (χ2n) is 6.88. The van der Waals surface area contributed by atoms with Crippen LogP contribution >= 0.6 is 0 Å². The second-order valence-corrected chi connectivity index (χ2v) is 6.88. The maximum atomic E-state index is 11.8. The molecule has 1 aromatic carbocycles. The molecular weight excluding hydrogens is 328 g/mol. The molecule has 3 aromatic rings. The molecule has 4 rings (SSSR count). The molecule has 2 heterocycles. The molecule has 0 aliphatic heterocycles. The van der Waals surface area contributed by atoms with Crippen LogP contribution in [0.25, 0.3) is 10.9 Å². The van der Waals surface area contributed by atoms with E-state index in [0.29, 0.717) is 23.7 Å². The number of nitrogens with two attached hydrogens (primary N) is 1. The van der Waals surface area contributed by atoms with Crippen LogP contribution in [0.3, 0.4) is 0 Å². The molecule has 1 fully saturated rings. The molecule has 1 atom stereocenters. The highest BCUT2D eigenvalue weighted by Gasteiger charge is 2.28. The summed E-state index contributed by atoms with van der Waals surface area (Å²) in [6.45, 7) is 2.13. The minimum absolute atomic E-state index is 0.266. The van der Waals surface area contributed by atoms with Crippen LogP contribution in [0.2, 0.25) is 0 Å². The fourth-order valence-corrected chi connectivity index (χ4v) is 3.18. The van der Waals surface area contributed by atoms with E-state index in [1.807, 2.05) is 42.1 Å². The first kappa shape index (κ1) is 16.4. The Balaban J connectivity index is 1.69. The van der Waals surface area contributed by atoms with Gasteiger partial charge in [0.1, 0.15) is 11.4 Å². The largest absolute Gasteiger partial charge is 0.365 e. The Labute approximate surface area is 151 Å². The number of amides is 1. The average molecular weight is 350 g/mol. The summed E-state index contributed by atoms with van der Waals surface area (Å²) in [6, 6.07) is 8.29. The number of benzene rings is 1. The molecule has 1 aliphatic carbocycles. The van der Waals surface area contributed by atoms with E-state index in [1.165, 1.54) is 19.0 Å². The number of nitrogens with zero attached hydrogens (tertiary/aromatic N) is 3. The Bertz CT molecular complexity index is 975. The fraction of sp³-hybridized carbons (Fsp3) is 0.316. The van der Waals surface area contributed by atoms with Crippen molar-refractivity contribution in [2.75, 3.05) is 10.6 Å². The van der Waals surface area contributed by atoms with Gasteiger partial charge in [-0.05, 0) is 43.9 Å². The normalized spacial score (nSPS) is 15.0. The lowest BCUT2D eigenvalue weighted by Crippen LogP contribution is -2.21. The van der Waals surface area contributed by atoms with Crippen LogP contribution < -0.4 is 16.4 Å². The summed E-state index contributed by atoms with van der Waals surface area (Å²) in [7, 11) is 1.99. The Kier molecular flexibility index (Phi) is 3.99. The van der Waals surface area contributed by atoms with Gasteiger partial charge in [-0.3, -0.25) is 4.79 Å². The molecular formula is C19H22N6O. The van der Waals surface area contributed by atoms with Crippen molar-refractivity contribution in [1.82, 2.24) is 14.5 Å². The van der Waals surface area contributed by atoms with E-state index in [0.717, 1.165) is 16.6 Å². The SMILES string of the molecule is CC(Nc1ncc(C(N)=O)c(Nc2cccc3c2ccn3C)n1)C1CC1. The predicted octanol–water partition coefficient (Wildman–Crippen LogP) is 3.02. The van der Waals surface area contributed by atoms with Crippen molar-refractivity contribution in [3.8, 4) is 0 Å². The number of primary amides is 1. The first-order valence-corrected chi connectivity index (χ1v) is 8.77. The van der Waals surface area contributed by atoms with Crippen LogP contribution in [-0.4, -0.2) is 26.5 Å². The maximum Gasteiger partial charge on any atom is 0.254 e. The van der Waals surface area contributed by atoms with Crippen molar-refractivity contribution in [3.05, 3.63) is 42.2 Å². The molecule has 1 saturated carbocycles. The van der Waals surface area contributed by atoms with Crippen LogP contribution in [-0.2, 0) is 7.05 Å². The Morgan fingerprint density at radius 2 is 2.15 bits per heavy atom. The minimum atomic E-state index is -0.561. The van der Waals surface area contributed by atoms with Crippen molar-refractivity contribution < 1.29 is 4.79 Å². The molecule has 0 saturated heterocycles. The minimum Gasteiger partial charge on any atom is -0.365 e. The van der Waals surface area contributed by atoms with E-state index in [1.54, 1.807) is 0 Å². The zero-order valence-corrected chi connectivity index (χ0v) is 14.9. The lowest BCUT2D eigenvalue weighted by atomic mass is 10.2. The third kappa shape index (κ3) is 3.08. The van der Waals surface area contributed by atoms with Crippen molar-refractivity contribution >= 4 is 34.3 Å². The molecule has 2 aromatic heterocycles. The summed E-state index contributed by atoms with van der Waals surface area (Å²) in [6.07, 6.45) is 5.93. The number of aromatic nitrogens is 3. The van der Waals surface area contributed by atoms with Gasteiger partial charge < -0.3 is 20.9 Å². The van der Waals surface area contributed by atoms with Crippen molar-refractivity contribution in [2.24, 2.45) is 18.7 Å². The number of nitrogens with one attached hydrogen (secondary N) is 2. The van der Waals surface area contributed by atoms with E-state index in [9.17, 15) is 4.79 Å². The summed E-state index contributed by atoms with van der Waals surface area (Å²) < 4.78 is 2.04. The van der Waals surface area contributed by atoms with E-state index < -0.39 is 5.91 Å². The number of rotatable bonds is 6. The molecule has 4 N–H and O–H groups in total. The molecule has 1 amide bonds. The lowest BCUT2D eigenvalue weighted by Gasteiger charge is -2.15. The van der Waals surface area contributed by atoms with Gasteiger partial charge in [-0.25, -0.2) is 4.98 Å². The monoisotopic (exact) mass is 350 g/mol. The van der Waals surface area contributed by atoms with Gasteiger partial charge >= 0.3 is 0 Å². The maximum absolute atomic E-state index is 11.8. The second kappa shape index (κ2) is 6.33. The molecule has 134 valence electrons. The summed E-state index contributed by atoms with van der Waals surface area (Å²) in [5, 5.41) is 7.63. The lowest BCUT2D eigenvalue weighted by molar-refractivity contribution is 0.100. The standard InChI is InChI=1S/C19H22N6O/c1-11(12-6-7-12)22-19-21-10-14(17(20)26)18(24-19)23-15-4-3-5-16-13(15)8-9-25(16)2/h3-5,8-12H,6-7H2,1-2H3,(H2,20,26)(H2,21,22,23,24). The van der Waals surface area contributed by atoms with Crippen LogP contribution in [0.15, 0.2) is 36.7 Å². The predicted molar refractivity (Wildman–Crippen MR) is 103 cm³/mol. The van der Waals surface area contributed by atoms with Crippen LogP contribution in [0.1, 0.15) is 30.1 Å². The van der Waals surface area contributed by atoms with E-state index in [-0.39, 0.29) is 5.56 Å². The number of fused-ring (bicyclic) bond motifs is 1. The molecule has 1 aliphatic rings. The summed E-state index contributed by atoms with van der Waals surface area (Å²) >= 11 is 0. The number of anilines is 3. The van der Waals surface area contributed by atoms with Gasteiger partial charge in [0.2, 0.25) is 5.95 Å². The topological polar surface area (TPSA) is 97.9 Å². The van der Waals surface area contributed by atoms with Gasteiger partial charge in [0, 0.05) is 42.1 Å². The molecule has 7 heteroatoms. The highest BCUT2D eigenvalue weighted by Crippen LogP contribution is 2.34. The van der Waals surface area contributed by atoms with Crippen LogP contribution in [0.4, 0.5) is 17.5 Å². The Morgan fingerprint density at radius 1 is 1.35 bits per heavy atom. The first-order valence-electron chi connectivity index (χ1n) is 8.77. The fourth-order valence-electron chi connectivity index (χ4n) is 3.18. The number of carbonyl (C=O) groups excluding carboxylic acids is 1. The van der Waals surface area contributed by atoms with Gasteiger partial charge in [-0.2, -0.15) is 4.98 Å². The zero-order valence-electron chi connectivity index (χ0n) is 14.9. The van der Waals surface area contributed by atoms with E-state index in [2.05, 4.69) is 27.5 Å². The summed E-state index contributed by atoms with van der Waals surface area (Å²) in [5.74, 6) is 1.02. The third-order valence-corrected chi connectivity index (χ3v) is 4.92. The van der Waals surface area contributed by atoms with Crippen molar-refractivity contribution in [3.63, 3.8) is 0 Å². The molecule has 1 unspecified atom stereocenters. The molecule has 26 heavy (non-hydrogen) atoms. The number of aryl methyl sites for hydroxylation is 1. The van der Waals surface area contributed by atoms with Crippen molar-refractivity contribution in [2.45, 2.75) is 25.8 Å². The summed E-state index contributed by atoms with van der Waals surface area (Å²) in [5.41, 5.74) is 7.73. The van der Waals surface area contributed by atoms with Gasteiger partial charge in [0.05, 0.1) is 0 Å². The van der Waals surface area contributed by atoms with Crippen LogP contribution in [0, 0.1) is 5.92 Å². The molecule has 7 nitrogen and oxygen atoms in total.